The molecule has 0 aliphatic carbocycles. The molecule has 0 fully saturated rings. The first-order chi connectivity index (χ1) is 12.5. The third kappa shape index (κ3) is 4.30. The number of hydrogen-bond donors (Lipinski definition) is 0. The number of aryl methyl sites for hydroxylation is 3. The zero-order valence-corrected chi connectivity index (χ0v) is 15.2. The molecule has 26 heavy (non-hydrogen) atoms. The highest BCUT2D eigenvalue weighted by Crippen LogP contribution is 2.17. The van der Waals surface area contributed by atoms with Crippen LogP contribution < -0.4 is 4.74 Å². The number of nitrogens with zero attached hydrogens (tertiary/aromatic N) is 2. The molecule has 0 N–H and O–H groups in total. The largest absolute Gasteiger partial charge is 0.486 e. The molecular formula is C21H22N2O3. The van der Waals surface area contributed by atoms with E-state index in [1.807, 2.05) is 31.2 Å². The number of carbonyl (C=O) groups excluding carboxylic acids is 1. The molecule has 134 valence electrons. The first-order valence-corrected chi connectivity index (χ1v) is 8.58. The Hall–Kier alpha value is -3.08. The van der Waals surface area contributed by atoms with Crippen molar-refractivity contribution in [3.63, 3.8) is 0 Å². The van der Waals surface area contributed by atoms with Crippen molar-refractivity contribution in [2.24, 2.45) is 7.05 Å². The van der Waals surface area contributed by atoms with E-state index < -0.39 is 0 Å². The van der Waals surface area contributed by atoms with Crippen molar-refractivity contribution >= 4 is 11.9 Å². The van der Waals surface area contributed by atoms with Crippen LogP contribution in [-0.4, -0.2) is 15.6 Å². The summed E-state index contributed by atoms with van der Waals surface area (Å²) in [6, 6.07) is 11.7. The molecule has 3 aromatic rings. The van der Waals surface area contributed by atoms with Gasteiger partial charge in [0.05, 0.1) is 11.3 Å². The second-order valence-electron chi connectivity index (χ2n) is 6.09. The summed E-state index contributed by atoms with van der Waals surface area (Å²) in [6.07, 6.45) is 5.88. The Morgan fingerprint density at radius 1 is 1.23 bits per heavy atom. The first-order valence-electron chi connectivity index (χ1n) is 8.58. The van der Waals surface area contributed by atoms with E-state index in [4.69, 9.17) is 9.15 Å². The molecule has 0 saturated carbocycles. The number of carbonyl (C=O) groups is 1. The lowest BCUT2D eigenvalue weighted by Crippen LogP contribution is -1.94. The lowest BCUT2D eigenvalue weighted by atomic mass is 10.1. The highest BCUT2D eigenvalue weighted by Gasteiger charge is 2.10. The minimum Gasteiger partial charge on any atom is -0.486 e. The van der Waals surface area contributed by atoms with Gasteiger partial charge in [-0.25, -0.2) is 0 Å². The fourth-order valence-corrected chi connectivity index (χ4v) is 2.63. The highest BCUT2D eigenvalue weighted by molar-refractivity contribution is 6.07. The van der Waals surface area contributed by atoms with Gasteiger partial charge in [0.1, 0.15) is 23.9 Å². The van der Waals surface area contributed by atoms with Crippen molar-refractivity contribution in [3.05, 3.63) is 77.0 Å². The summed E-state index contributed by atoms with van der Waals surface area (Å²) in [4.78, 5) is 12.2. The van der Waals surface area contributed by atoms with Crippen LogP contribution in [0.4, 0.5) is 0 Å². The average Bonchev–Trinajstić information content (AvgIpc) is 3.24. The van der Waals surface area contributed by atoms with Gasteiger partial charge in [0.25, 0.3) is 0 Å². The molecule has 0 spiro atoms. The summed E-state index contributed by atoms with van der Waals surface area (Å²) in [5.74, 6) is 2.02. The maximum Gasteiger partial charge on any atom is 0.189 e. The van der Waals surface area contributed by atoms with Crippen LogP contribution in [0.5, 0.6) is 5.75 Å². The Morgan fingerprint density at radius 2 is 2.00 bits per heavy atom. The molecule has 0 atom stereocenters. The van der Waals surface area contributed by atoms with E-state index >= 15 is 0 Å². The maximum atomic E-state index is 12.2. The van der Waals surface area contributed by atoms with E-state index in [0.29, 0.717) is 29.4 Å². The first kappa shape index (κ1) is 17.7. The topological polar surface area (TPSA) is 57.3 Å². The molecule has 5 heteroatoms. The molecule has 5 nitrogen and oxygen atoms in total. The third-order valence-electron chi connectivity index (χ3n) is 4.07. The fraction of sp³-hybridized carbons (Fsp3) is 0.238. The van der Waals surface area contributed by atoms with Crippen molar-refractivity contribution in [3.8, 4) is 5.75 Å². The minimum atomic E-state index is -0.0965. The fourth-order valence-electron chi connectivity index (χ4n) is 2.63. The van der Waals surface area contributed by atoms with Crippen LogP contribution in [0.15, 0.2) is 53.1 Å². The van der Waals surface area contributed by atoms with Gasteiger partial charge in [-0.3, -0.25) is 9.48 Å². The summed E-state index contributed by atoms with van der Waals surface area (Å²) in [7, 11) is 1.79. The van der Waals surface area contributed by atoms with Crippen LogP contribution in [0, 0.1) is 6.92 Å². The molecule has 2 heterocycles. The second kappa shape index (κ2) is 7.87. The molecule has 0 amide bonds. The predicted molar refractivity (Wildman–Crippen MR) is 100 cm³/mol. The summed E-state index contributed by atoms with van der Waals surface area (Å²) in [5.41, 5.74) is 2.58. The SMILES string of the molecule is CCc1ccc(OCc2ccc(/C=C/C(=O)c3cn(C)nc3C)o2)cc1. The number of rotatable bonds is 7. The third-order valence-corrected chi connectivity index (χ3v) is 4.07. The zero-order chi connectivity index (χ0) is 18.5. The molecule has 0 aliphatic heterocycles. The Balaban J connectivity index is 1.58. The van der Waals surface area contributed by atoms with Crippen molar-refractivity contribution in [1.29, 1.82) is 0 Å². The Bertz CT molecular complexity index is 917. The van der Waals surface area contributed by atoms with Crippen LogP contribution in [0.25, 0.3) is 6.08 Å². The molecule has 0 bridgehead atoms. The lowest BCUT2D eigenvalue weighted by Gasteiger charge is -2.04. The number of aromatic nitrogens is 2. The zero-order valence-electron chi connectivity index (χ0n) is 15.2. The standard InChI is InChI=1S/C21H22N2O3/c1-4-16-5-7-17(8-6-16)25-14-19-10-9-18(26-19)11-12-21(24)20-13-23(3)22-15(20)2/h5-13H,4,14H2,1-3H3/b12-11+. The van der Waals surface area contributed by atoms with E-state index in [-0.39, 0.29) is 5.78 Å². The normalized spacial score (nSPS) is 11.2. The number of allylic oxidation sites excluding steroid dienone is 1. The molecule has 2 aromatic heterocycles. The number of furan rings is 1. The minimum absolute atomic E-state index is 0.0965. The smallest absolute Gasteiger partial charge is 0.189 e. The monoisotopic (exact) mass is 350 g/mol. The summed E-state index contributed by atoms with van der Waals surface area (Å²) in [6.45, 7) is 4.28. The summed E-state index contributed by atoms with van der Waals surface area (Å²) >= 11 is 0. The van der Waals surface area contributed by atoms with E-state index in [1.54, 1.807) is 24.0 Å². The number of ketones is 1. The second-order valence-corrected chi connectivity index (χ2v) is 6.09. The van der Waals surface area contributed by atoms with Gasteiger partial charge in [-0.1, -0.05) is 19.1 Å². The number of benzene rings is 1. The van der Waals surface area contributed by atoms with Crippen molar-refractivity contribution in [2.75, 3.05) is 0 Å². The van der Waals surface area contributed by atoms with E-state index in [2.05, 4.69) is 24.2 Å². The number of hydrogen-bond acceptors (Lipinski definition) is 4. The predicted octanol–water partition coefficient (Wildman–Crippen LogP) is 4.36. The molecule has 0 unspecified atom stereocenters. The summed E-state index contributed by atoms with van der Waals surface area (Å²) < 4.78 is 13.0. The maximum absolute atomic E-state index is 12.2. The highest BCUT2D eigenvalue weighted by atomic mass is 16.5. The van der Waals surface area contributed by atoms with Gasteiger partial charge in [0, 0.05) is 13.2 Å². The van der Waals surface area contributed by atoms with E-state index in [0.717, 1.165) is 12.2 Å². The molecule has 0 aliphatic rings. The van der Waals surface area contributed by atoms with Gasteiger partial charge in [-0.05, 0) is 55.3 Å². The van der Waals surface area contributed by atoms with Crippen LogP contribution in [0.1, 0.15) is 40.1 Å². The van der Waals surface area contributed by atoms with Crippen molar-refractivity contribution in [1.82, 2.24) is 9.78 Å². The quantitative estimate of drug-likeness (QED) is 0.469. The van der Waals surface area contributed by atoms with Crippen molar-refractivity contribution < 1.29 is 13.9 Å². The van der Waals surface area contributed by atoms with Gasteiger partial charge in [0.15, 0.2) is 5.78 Å². The van der Waals surface area contributed by atoms with E-state index in [1.165, 1.54) is 11.6 Å². The number of ether oxygens (including phenoxy) is 1. The van der Waals surface area contributed by atoms with Crippen LogP contribution >= 0.6 is 0 Å². The Morgan fingerprint density at radius 3 is 2.65 bits per heavy atom. The summed E-state index contributed by atoms with van der Waals surface area (Å²) in [5, 5.41) is 4.18. The lowest BCUT2D eigenvalue weighted by molar-refractivity contribution is 0.104. The van der Waals surface area contributed by atoms with Gasteiger partial charge < -0.3 is 9.15 Å². The molecule has 1 aromatic carbocycles. The Labute approximate surface area is 152 Å². The molecule has 0 saturated heterocycles. The van der Waals surface area contributed by atoms with Gasteiger partial charge in [0.2, 0.25) is 0 Å². The average molecular weight is 350 g/mol. The Kier molecular flexibility index (Phi) is 5.37. The van der Waals surface area contributed by atoms with Crippen LogP contribution in [0.3, 0.4) is 0 Å². The van der Waals surface area contributed by atoms with Gasteiger partial charge >= 0.3 is 0 Å². The van der Waals surface area contributed by atoms with Crippen LogP contribution in [0.2, 0.25) is 0 Å². The van der Waals surface area contributed by atoms with Crippen LogP contribution in [-0.2, 0) is 20.1 Å². The van der Waals surface area contributed by atoms with E-state index in [9.17, 15) is 4.79 Å². The van der Waals surface area contributed by atoms with Crippen molar-refractivity contribution in [2.45, 2.75) is 26.9 Å². The molecule has 0 radical (unpaired) electrons. The van der Waals surface area contributed by atoms with Gasteiger partial charge in [-0.2, -0.15) is 5.10 Å². The molecular weight excluding hydrogens is 328 g/mol. The molecule has 3 rings (SSSR count). The van der Waals surface area contributed by atoms with Gasteiger partial charge in [-0.15, -0.1) is 0 Å².